The zero-order valence-electron chi connectivity index (χ0n) is 18.2. The van der Waals surface area contributed by atoms with E-state index in [-0.39, 0.29) is 9.92 Å². The van der Waals surface area contributed by atoms with Gasteiger partial charge in [0.25, 0.3) is 9.70 Å². The van der Waals surface area contributed by atoms with Crippen LogP contribution in [0.3, 0.4) is 0 Å². The number of fused-ring (bicyclic) bond motifs is 1. The van der Waals surface area contributed by atoms with E-state index in [9.17, 15) is 13.2 Å². The second kappa shape index (κ2) is 9.43. The lowest BCUT2D eigenvalue weighted by Gasteiger charge is -2.37. The van der Waals surface area contributed by atoms with Gasteiger partial charge in [0.05, 0.1) is 17.7 Å². The molecule has 0 spiro atoms. The van der Waals surface area contributed by atoms with Crippen LogP contribution in [0.5, 0.6) is 5.75 Å². The molecule has 2 aromatic carbocycles. The SMILES string of the molecule is COc1ccc(S(=O)(=O)c2[nH]c3ccc(Br)cc3c2C)cc1N1CCN(C(=O)C(Cl)(Cl)Cl)CC1. The average Bonchev–Trinajstić information content (AvgIpc) is 3.14. The van der Waals surface area contributed by atoms with Crippen LogP contribution in [0.15, 0.2) is 50.8 Å². The van der Waals surface area contributed by atoms with Gasteiger partial charge in [-0.15, -0.1) is 0 Å². The van der Waals surface area contributed by atoms with Crippen molar-refractivity contribution in [1.29, 1.82) is 0 Å². The number of piperazine rings is 1. The Labute approximate surface area is 220 Å². The van der Waals surface area contributed by atoms with Gasteiger partial charge in [-0.2, -0.15) is 0 Å². The van der Waals surface area contributed by atoms with Crippen LogP contribution < -0.4 is 9.64 Å². The highest BCUT2D eigenvalue weighted by molar-refractivity contribution is 9.10. The Kier molecular flexibility index (Phi) is 7.05. The van der Waals surface area contributed by atoms with Crippen molar-refractivity contribution in [2.24, 2.45) is 0 Å². The Morgan fingerprint density at radius 3 is 2.38 bits per heavy atom. The number of sulfone groups is 1. The average molecular weight is 610 g/mol. The van der Waals surface area contributed by atoms with E-state index < -0.39 is 19.5 Å². The lowest BCUT2D eigenvalue weighted by atomic mass is 10.2. The van der Waals surface area contributed by atoms with Gasteiger partial charge in [-0.1, -0.05) is 50.7 Å². The molecular formula is C22H21BrCl3N3O4S. The van der Waals surface area contributed by atoms with Gasteiger partial charge >= 0.3 is 0 Å². The Morgan fingerprint density at radius 1 is 1.09 bits per heavy atom. The first-order valence-electron chi connectivity index (χ1n) is 10.3. The van der Waals surface area contributed by atoms with Crippen LogP contribution in [0.25, 0.3) is 10.9 Å². The zero-order chi connectivity index (χ0) is 24.8. The number of H-pyrrole nitrogens is 1. The predicted octanol–water partition coefficient (Wildman–Crippen LogP) is 5.10. The number of aromatic nitrogens is 1. The second-order valence-electron chi connectivity index (χ2n) is 7.88. The fourth-order valence-corrected chi connectivity index (χ4v) is 6.30. The van der Waals surface area contributed by atoms with Gasteiger partial charge < -0.3 is 19.5 Å². The third kappa shape index (κ3) is 4.73. The van der Waals surface area contributed by atoms with Gasteiger partial charge in [0.2, 0.25) is 9.84 Å². The largest absolute Gasteiger partial charge is 0.495 e. The molecule has 3 aromatic rings. The van der Waals surface area contributed by atoms with E-state index >= 15 is 0 Å². The van der Waals surface area contributed by atoms with Crippen molar-refractivity contribution in [2.75, 3.05) is 38.2 Å². The molecule has 0 radical (unpaired) electrons. The van der Waals surface area contributed by atoms with Crippen molar-refractivity contribution in [3.63, 3.8) is 0 Å². The van der Waals surface area contributed by atoms with Crippen LogP contribution in [-0.4, -0.2) is 61.3 Å². The molecule has 1 amide bonds. The highest BCUT2D eigenvalue weighted by Crippen LogP contribution is 2.36. The summed E-state index contributed by atoms with van der Waals surface area (Å²) in [6.45, 7) is 3.27. The number of aromatic amines is 1. The Bertz CT molecular complexity index is 1360. The third-order valence-corrected chi connectivity index (χ3v) is 8.65. The maximum absolute atomic E-state index is 13.6. The lowest BCUT2D eigenvalue weighted by molar-refractivity contribution is -0.130. The number of halogens is 4. The number of nitrogens with one attached hydrogen (secondary N) is 1. The number of hydrogen-bond donors (Lipinski definition) is 1. The van der Waals surface area contributed by atoms with Crippen LogP contribution in [0.4, 0.5) is 5.69 Å². The minimum Gasteiger partial charge on any atom is -0.495 e. The van der Waals surface area contributed by atoms with Gasteiger partial charge in [0, 0.05) is 41.6 Å². The maximum Gasteiger partial charge on any atom is 0.274 e. The van der Waals surface area contributed by atoms with E-state index in [1.807, 2.05) is 23.1 Å². The maximum atomic E-state index is 13.6. The quantitative estimate of drug-likeness (QED) is 0.417. The van der Waals surface area contributed by atoms with Crippen molar-refractivity contribution in [3.8, 4) is 5.75 Å². The Balaban J connectivity index is 1.67. The molecule has 12 heteroatoms. The molecule has 2 heterocycles. The molecule has 1 fully saturated rings. The fourth-order valence-electron chi connectivity index (χ4n) is 4.07. The summed E-state index contributed by atoms with van der Waals surface area (Å²) in [5.74, 6) is -0.0567. The number of methoxy groups -OCH3 is 1. The smallest absolute Gasteiger partial charge is 0.274 e. The van der Waals surface area contributed by atoms with E-state index in [4.69, 9.17) is 39.5 Å². The normalized spacial score (nSPS) is 15.1. The van der Waals surface area contributed by atoms with Crippen molar-refractivity contribution in [1.82, 2.24) is 9.88 Å². The summed E-state index contributed by atoms with van der Waals surface area (Å²) in [6, 6.07) is 10.3. The number of hydrogen-bond acceptors (Lipinski definition) is 5. The van der Waals surface area contributed by atoms with Gasteiger partial charge in [0.1, 0.15) is 10.8 Å². The van der Waals surface area contributed by atoms with Crippen LogP contribution in [0, 0.1) is 6.92 Å². The summed E-state index contributed by atoms with van der Waals surface area (Å²) in [5.41, 5.74) is 2.00. The molecule has 0 aliphatic carbocycles. The standard InChI is InChI=1S/C22H21BrCl3N3O4S/c1-13-16-11-14(23)3-5-17(16)27-20(13)34(31,32)15-4-6-19(33-2)18(12-15)28-7-9-29(10-8-28)21(30)22(24,25)26/h3-6,11-12,27H,7-10H2,1-2H3. The van der Waals surface area contributed by atoms with E-state index in [1.165, 1.54) is 18.1 Å². The first kappa shape index (κ1) is 25.4. The highest BCUT2D eigenvalue weighted by Gasteiger charge is 2.37. The molecule has 1 aliphatic heterocycles. The molecule has 1 aliphatic rings. The van der Waals surface area contributed by atoms with E-state index in [1.54, 1.807) is 19.1 Å². The van der Waals surface area contributed by atoms with Crippen molar-refractivity contribution < 1.29 is 17.9 Å². The fraction of sp³-hybridized carbons (Fsp3) is 0.318. The van der Waals surface area contributed by atoms with Gasteiger partial charge in [-0.05, 0) is 48.9 Å². The molecule has 182 valence electrons. The van der Waals surface area contributed by atoms with Crippen molar-refractivity contribution in [2.45, 2.75) is 20.6 Å². The number of nitrogens with zero attached hydrogens (tertiary/aromatic N) is 2. The molecule has 1 saturated heterocycles. The van der Waals surface area contributed by atoms with Gasteiger partial charge in [0.15, 0.2) is 0 Å². The molecule has 0 atom stereocenters. The Morgan fingerprint density at radius 2 is 1.76 bits per heavy atom. The molecule has 0 saturated carbocycles. The molecule has 1 N–H and O–H groups in total. The first-order chi connectivity index (χ1) is 15.9. The number of carbonyl (C=O) groups is 1. The van der Waals surface area contributed by atoms with Crippen molar-refractivity contribution >= 4 is 83.1 Å². The number of ether oxygens (including phenoxy) is 1. The minimum absolute atomic E-state index is 0.136. The summed E-state index contributed by atoms with van der Waals surface area (Å²) in [4.78, 5) is 18.9. The molecule has 4 rings (SSSR count). The number of alkyl halides is 3. The number of aryl methyl sites for hydroxylation is 1. The predicted molar refractivity (Wildman–Crippen MR) is 138 cm³/mol. The molecular weight excluding hydrogens is 589 g/mol. The van der Waals surface area contributed by atoms with Gasteiger partial charge in [-0.25, -0.2) is 8.42 Å². The van der Waals surface area contributed by atoms with Crippen LogP contribution >= 0.6 is 50.7 Å². The third-order valence-electron chi connectivity index (χ3n) is 5.85. The number of benzene rings is 2. The second-order valence-corrected chi connectivity index (χ2v) is 13.0. The minimum atomic E-state index is -3.84. The van der Waals surface area contributed by atoms with E-state index in [0.29, 0.717) is 43.2 Å². The summed E-state index contributed by atoms with van der Waals surface area (Å²) in [6.07, 6.45) is 0. The monoisotopic (exact) mass is 607 g/mol. The zero-order valence-corrected chi connectivity index (χ0v) is 22.9. The Hall–Kier alpha value is -1.65. The van der Waals surface area contributed by atoms with E-state index in [2.05, 4.69) is 20.9 Å². The van der Waals surface area contributed by atoms with Crippen molar-refractivity contribution in [3.05, 3.63) is 46.4 Å². The number of anilines is 1. The number of rotatable bonds is 4. The van der Waals surface area contributed by atoms with Crippen LogP contribution in [-0.2, 0) is 14.6 Å². The molecule has 34 heavy (non-hydrogen) atoms. The first-order valence-corrected chi connectivity index (χ1v) is 13.7. The molecule has 7 nitrogen and oxygen atoms in total. The van der Waals surface area contributed by atoms with Crippen LogP contribution in [0.2, 0.25) is 0 Å². The summed E-state index contributed by atoms with van der Waals surface area (Å²) in [5, 5.41) is 0.978. The van der Waals surface area contributed by atoms with Crippen LogP contribution in [0.1, 0.15) is 5.56 Å². The van der Waals surface area contributed by atoms with Gasteiger partial charge in [-0.3, -0.25) is 4.79 Å². The molecule has 0 bridgehead atoms. The summed E-state index contributed by atoms with van der Waals surface area (Å²) in [7, 11) is -2.32. The number of amides is 1. The lowest BCUT2D eigenvalue weighted by Crippen LogP contribution is -2.51. The summed E-state index contributed by atoms with van der Waals surface area (Å²) >= 11 is 20.6. The topological polar surface area (TPSA) is 82.7 Å². The van der Waals surface area contributed by atoms with E-state index in [0.717, 1.165) is 15.4 Å². The number of carbonyl (C=O) groups excluding carboxylic acids is 1. The summed E-state index contributed by atoms with van der Waals surface area (Å²) < 4.78 is 31.5. The molecule has 0 unspecified atom stereocenters. The highest BCUT2D eigenvalue weighted by atomic mass is 79.9. The molecule has 1 aromatic heterocycles.